The number of pyridine rings is 1. The van der Waals surface area contributed by atoms with Crippen molar-refractivity contribution in [2.45, 2.75) is 51.5 Å². The van der Waals surface area contributed by atoms with Crippen molar-refractivity contribution in [2.75, 3.05) is 113 Å². The lowest BCUT2D eigenvalue weighted by Crippen LogP contribution is -2.35. The van der Waals surface area contributed by atoms with Gasteiger partial charge in [-0.3, -0.25) is 24.3 Å². The third-order valence-electron chi connectivity index (χ3n) is 19.0. The zero-order valence-corrected chi connectivity index (χ0v) is 65.7. The molecule has 2 saturated heterocycles. The van der Waals surface area contributed by atoms with Gasteiger partial charge in [-0.1, -0.05) is 47.6 Å². The third-order valence-corrected chi connectivity index (χ3v) is 23.2. The molecule has 5 aliphatic rings. The summed E-state index contributed by atoms with van der Waals surface area (Å²) in [6, 6.07) is 23.9. The number of nitrogens with two attached hydrogens (primary N) is 1. The van der Waals surface area contributed by atoms with Crippen molar-refractivity contribution in [1.29, 1.82) is 0 Å². The van der Waals surface area contributed by atoms with Crippen molar-refractivity contribution in [1.82, 2.24) is 44.7 Å². The molecule has 0 bridgehead atoms. The van der Waals surface area contributed by atoms with Crippen LogP contribution in [0.1, 0.15) is 79.7 Å². The van der Waals surface area contributed by atoms with E-state index in [9.17, 15) is 41.9 Å². The molecule has 17 rings (SSSR count). The molecule has 9 amide bonds. The molecule has 12 aromatic rings. The van der Waals surface area contributed by atoms with Crippen LogP contribution in [-0.2, 0) is 6.54 Å². The van der Waals surface area contributed by atoms with E-state index in [0.29, 0.717) is 124 Å². The number of nitrogens with zero attached hydrogens (tertiary/aromatic N) is 12. The lowest BCUT2D eigenvalue weighted by atomic mass is 10.1. The Morgan fingerprint density at radius 3 is 1.20 bits per heavy atom. The normalized spacial score (nSPS) is 14.4. The number of halogens is 6. The molecular formula is C77H67Cl3F3N19O10S3. The van der Waals surface area contributed by atoms with Gasteiger partial charge in [0, 0.05) is 43.1 Å². The van der Waals surface area contributed by atoms with E-state index in [0.717, 1.165) is 85.8 Å². The molecule has 0 unspecified atom stereocenters. The lowest BCUT2D eigenvalue weighted by molar-refractivity contribution is 0.102. The summed E-state index contributed by atoms with van der Waals surface area (Å²) in [5, 5.41) is 17.9. The lowest BCUT2D eigenvalue weighted by Gasteiger charge is -2.27. The molecule has 12 heterocycles. The predicted octanol–water partition coefficient (Wildman–Crippen LogP) is 17.2. The number of ether oxygens (including phenoxy) is 4. The Morgan fingerprint density at radius 1 is 0.461 bits per heavy atom. The van der Waals surface area contributed by atoms with Gasteiger partial charge in [0.05, 0.1) is 104 Å². The highest BCUT2D eigenvalue weighted by atomic mass is 35.5. The second-order valence-corrected chi connectivity index (χ2v) is 30.6. The van der Waals surface area contributed by atoms with Gasteiger partial charge in [-0.25, -0.2) is 72.2 Å². The first kappa shape index (κ1) is 78.6. The number of amides is 9. The van der Waals surface area contributed by atoms with Gasteiger partial charge < -0.3 is 61.5 Å². The molecular weight excluding hydrogens is 1610 g/mol. The summed E-state index contributed by atoms with van der Waals surface area (Å²) in [6.45, 7) is 7.73. The van der Waals surface area contributed by atoms with Crippen molar-refractivity contribution in [3.8, 4) is 23.0 Å². The number of urea groups is 3. The minimum Gasteiger partial charge on any atom is -0.493 e. The van der Waals surface area contributed by atoms with Gasteiger partial charge in [-0.2, -0.15) is 0 Å². The van der Waals surface area contributed by atoms with Gasteiger partial charge in [0.25, 0.3) is 17.7 Å². The van der Waals surface area contributed by atoms with Gasteiger partial charge >= 0.3 is 18.1 Å². The highest BCUT2D eigenvalue weighted by molar-refractivity contribution is 7.22. The van der Waals surface area contributed by atoms with E-state index >= 15 is 0 Å². The first-order valence-electron chi connectivity index (χ1n) is 36.0. The minimum atomic E-state index is -0.607. The first-order valence-corrected chi connectivity index (χ1v) is 39.6. The number of thiophene rings is 3. The van der Waals surface area contributed by atoms with Crippen LogP contribution in [0.25, 0.3) is 30.6 Å². The zero-order chi connectivity index (χ0) is 80.1. The number of benzene rings is 5. The number of hydrogen-bond donors (Lipinski definition) is 7. The Bertz CT molecular complexity index is 5800. The molecule has 0 spiro atoms. The predicted molar refractivity (Wildman–Crippen MR) is 438 cm³/mol. The average Bonchev–Trinajstić information content (AvgIpc) is 1.61. The average molecular weight is 1680 g/mol. The molecule has 5 aromatic carbocycles. The van der Waals surface area contributed by atoms with Gasteiger partial charge in [-0.05, 0) is 149 Å². The summed E-state index contributed by atoms with van der Waals surface area (Å²) in [5.41, 5.74) is 9.58. The van der Waals surface area contributed by atoms with E-state index in [-0.39, 0.29) is 53.7 Å². The number of methoxy groups -OCH3 is 2. The molecule has 8 N–H and O–H groups in total. The van der Waals surface area contributed by atoms with Crippen molar-refractivity contribution in [3.63, 3.8) is 0 Å². The number of likely N-dealkylation sites (tertiary alicyclic amines) is 2. The molecule has 0 atom stereocenters. The minimum absolute atomic E-state index is 0.133. The Kier molecular flexibility index (Phi) is 23.6. The van der Waals surface area contributed by atoms with Crippen LogP contribution in [0.5, 0.6) is 23.0 Å². The Balaban J connectivity index is 0.000000137. The number of hydrogen-bond acceptors (Lipinski definition) is 23. The fraction of sp³-hybridized carbons (Fsp3) is 0.234. The second-order valence-electron chi connectivity index (χ2n) is 26.3. The SMILES string of the molecule is COc1cc(NC(=O)c2sc3ncnc4c3c2NC(=O)N4c2ccc(F)c(Cl)c2)ccc1OCCCN1CCCCC1.COc1cc(NC(=O)c2sc3ncnc4c3c2NC(=O)N4c2ccc(F)c(Cl)c2)ccc1OCCN1CCCCC1.NCc1ccc(NC(=O)c2sc3ncnc4c3c2NC(=O)N4c2ccc(F)c(Cl)c2)cn1. The van der Waals surface area contributed by atoms with Crippen molar-refractivity contribution in [3.05, 3.63) is 181 Å². The van der Waals surface area contributed by atoms with Gasteiger partial charge in [0.1, 0.15) is 72.2 Å². The van der Waals surface area contributed by atoms with Crippen LogP contribution in [0.4, 0.5) is 96.2 Å². The number of piperidine rings is 2. The van der Waals surface area contributed by atoms with Gasteiger partial charge in [0.2, 0.25) is 0 Å². The van der Waals surface area contributed by atoms with E-state index < -0.39 is 53.3 Å². The van der Waals surface area contributed by atoms with E-state index in [1.54, 1.807) is 62.8 Å². The number of anilines is 12. The quantitative estimate of drug-likeness (QED) is 0.0329. The molecule has 0 radical (unpaired) electrons. The highest BCUT2D eigenvalue weighted by Gasteiger charge is 2.38. The number of carbonyl (C=O) groups is 6. The number of carbonyl (C=O) groups excluding carboxylic acids is 6. The van der Waals surface area contributed by atoms with Crippen LogP contribution in [0, 0.1) is 17.5 Å². The molecule has 115 heavy (non-hydrogen) atoms. The van der Waals surface area contributed by atoms with Crippen LogP contribution in [0.3, 0.4) is 0 Å². The summed E-state index contributed by atoms with van der Waals surface area (Å²) >= 11 is 21.2. The smallest absolute Gasteiger partial charge is 0.332 e. The largest absolute Gasteiger partial charge is 0.493 e. The molecule has 0 saturated carbocycles. The Labute approximate surface area is 679 Å². The second kappa shape index (κ2) is 34.6. The van der Waals surface area contributed by atoms with Crippen LogP contribution in [0.15, 0.2) is 128 Å². The summed E-state index contributed by atoms with van der Waals surface area (Å²) in [7, 11) is 3.09. The molecule has 2 fully saturated rings. The van der Waals surface area contributed by atoms with Crippen LogP contribution in [0.2, 0.25) is 15.1 Å². The zero-order valence-electron chi connectivity index (χ0n) is 61.0. The molecule has 29 nitrogen and oxygen atoms in total. The Hall–Kier alpha value is -11.7. The topological polar surface area (TPSA) is 344 Å². The van der Waals surface area contributed by atoms with Crippen molar-refractivity contribution < 1.29 is 60.9 Å². The van der Waals surface area contributed by atoms with Crippen LogP contribution < -0.4 is 71.3 Å². The number of nitrogens with one attached hydrogen (secondary N) is 6. The molecule has 7 aromatic heterocycles. The van der Waals surface area contributed by atoms with E-state index in [4.69, 9.17) is 59.5 Å². The van der Waals surface area contributed by atoms with Crippen molar-refractivity contribution >= 4 is 204 Å². The van der Waals surface area contributed by atoms with Gasteiger partial charge in [-0.15, -0.1) is 34.0 Å². The van der Waals surface area contributed by atoms with E-state index in [1.807, 2.05) is 0 Å². The third kappa shape index (κ3) is 16.7. The number of aromatic nitrogens is 7. The summed E-state index contributed by atoms with van der Waals surface area (Å²) < 4.78 is 64.1. The van der Waals surface area contributed by atoms with E-state index in [2.05, 4.69) is 76.6 Å². The van der Waals surface area contributed by atoms with Crippen LogP contribution in [-0.4, -0.2) is 147 Å². The molecule has 38 heteroatoms. The fourth-order valence-corrected chi connectivity index (χ4v) is 17.0. The maximum atomic E-state index is 13.8. The maximum absolute atomic E-state index is 13.8. The summed E-state index contributed by atoms with van der Waals surface area (Å²) in [4.78, 5) is 120. The monoisotopic (exact) mass is 1680 g/mol. The summed E-state index contributed by atoms with van der Waals surface area (Å²) in [5.74, 6) is -0.155. The molecule has 5 aliphatic heterocycles. The van der Waals surface area contributed by atoms with Gasteiger partial charge in [0.15, 0.2) is 40.5 Å². The standard InChI is InChI=1S/C29H28ClFN6O4S.C28H26ClFN6O4S.C20H13ClFN7O2S/c1-40-22-14-17(6-9-21(22)41-13-5-12-36-10-3-2-4-11-36)34-27(38)25-24-23-26(32-16-33-28(23)42-25)37(29(39)35-24)18-7-8-20(31)19(30)15-18;1-39-21-13-16(5-8-20(21)40-12-11-35-9-3-2-4-10-35)33-26(37)24-23-22-25(31-15-32-27(22)41-24)36(28(38)34-23)17-6-7-19(30)18(29)14-17;21-12-5-11(3-4-13(12)22)29-17-14-15(28-20(29)31)16(32-19(14)26-8-25-17)18(30)27-10-2-1-9(6-23)24-7-10/h6-9,14-16H,2-5,10-13H2,1H3,(H,34,38)(H,35,39);5-8,13-15H,2-4,9-12H2,1H3,(H,33,37)(H,34,38);1-5,7-8H,6,23H2,(H,27,30)(H,28,31). The maximum Gasteiger partial charge on any atom is 0.332 e. The fourth-order valence-electron chi connectivity index (χ4n) is 13.5. The van der Waals surface area contributed by atoms with E-state index in [1.165, 1.54) is 127 Å². The first-order chi connectivity index (χ1) is 55.8. The Morgan fingerprint density at radius 2 is 0.835 bits per heavy atom. The molecule has 0 aliphatic carbocycles. The molecule has 590 valence electrons. The number of rotatable bonds is 21. The van der Waals surface area contributed by atoms with Crippen LogP contribution >= 0.6 is 68.8 Å². The van der Waals surface area contributed by atoms with Crippen molar-refractivity contribution in [2.24, 2.45) is 5.73 Å². The summed E-state index contributed by atoms with van der Waals surface area (Å²) in [6.07, 6.45) is 13.9. The highest BCUT2D eigenvalue weighted by Crippen LogP contribution is 2.49.